The Hall–Kier alpha value is -0.900. The summed E-state index contributed by atoms with van der Waals surface area (Å²) < 4.78 is 0. The van der Waals surface area contributed by atoms with Gasteiger partial charge in [-0.25, -0.2) is 0 Å². The van der Waals surface area contributed by atoms with Crippen LogP contribution in [0.2, 0.25) is 0 Å². The minimum absolute atomic E-state index is 0.0842. The molecule has 0 heterocycles. The smallest absolute Gasteiger partial charge is 0.239 e. The number of allylic oxidation sites excluding steroid dienone is 1. The summed E-state index contributed by atoms with van der Waals surface area (Å²) in [6.45, 7) is 2.99. The van der Waals surface area contributed by atoms with E-state index in [0.717, 1.165) is 0 Å². The SMILES string of the molecule is C/C(=C/CC(C)O)[N+](=O)[O-]. The van der Waals surface area contributed by atoms with E-state index in [2.05, 4.69) is 0 Å². The van der Waals surface area contributed by atoms with Gasteiger partial charge in [-0.15, -0.1) is 0 Å². The van der Waals surface area contributed by atoms with Gasteiger partial charge in [0.1, 0.15) is 0 Å². The van der Waals surface area contributed by atoms with Crippen LogP contribution in [0.5, 0.6) is 0 Å². The summed E-state index contributed by atoms with van der Waals surface area (Å²) in [7, 11) is 0. The predicted molar refractivity (Wildman–Crippen MR) is 37.0 cm³/mol. The first kappa shape index (κ1) is 9.10. The van der Waals surface area contributed by atoms with Crippen LogP contribution in [-0.4, -0.2) is 16.1 Å². The molecule has 0 aliphatic carbocycles. The zero-order valence-electron chi connectivity index (χ0n) is 6.07. The molecule has 4 heteroatoms. The van der Waals surface area contributed by atoms with Crippen LogP contribution >= 0.6 is 0 Å². The molecule has 0 radical (unpaired) electrons. The molecular weight excluding hydrogens is 134 g/mol. The molecule has 0 fully saturated rings. The lowest BCUT2D eigenvalue weighted by atomic mass is 10.2. The molecule has 0 aliphatic heterocycles. The summed E-state index contributed by atoms with van der Waals surface area (Å²) in [5, 5.41) is 18.7. The van der Waals surface area contributed by atoms with Crippen molar-refractivity contribution in [2.75, 3.05) is 0 Å². The number of hydrogen-bond acceptors (Lipinski definition) is 3. The van der Waals surface area contributed by atoms with Gasteiger partial charge in [0.15, 0.2) is 0 Å². The topological polar surface area (TPSA) is 63.4 Å². The van der Waals surface area contributed by atoms with Gasteiger partial charge in [0, 0.05) is 6.92 Å². The average molecular weight is 145 g/mol. The molecule has 0 amide bonds. The van der Waals surface area contributed by atoms with Crippen molar-refractivity contribution in [1.82, 2.24) is 0 Å². The molecular formula is C6H11NO3. The Kier molecular flexibility index (Phi) is 3.64. The maximum absolute atomic E-state index is 9.97. The Labute approximate surface area is 59.3 Å². The molecule has 0 saturated heterocycles. The summed E-state index contributed by atoms with van der Waals surface area (Å²) in [5.74, 6) is 0. The molecule has 0 saturated carbocycles. The third kappa shape index (κ3) is 4.03. The van der Waals surface area contributed by atoms with Crippen molar-refractivity contribution in [3.63, 3.8) is 0 Å². The highest BCUT2D eigenvalue weighted by molar-refractivity contribution is 4.87. The largest absolute Gasteiger partial charge is 0.393 e. The second-order valence-electron chi connectivity index (χ2n) is 2.19. The zero-order valence-corrected chi connectivity index (χ0v) is 6.07. The van der Waals surface area contributed by atoms with E-state index in [1.165, 1.54) is 13.0 Å². The van der Waals surface area contributed by atoms with Crippen LogP contribution < -0.4 is 0 Å². The first-order chi connectivity index (χ1) is 4.54. The van der Waals surface area contributed by atoms with Crippen LogP contribution in [0.25, 0.3) is 0 Å². The summed E-state index contributed by atoms with van der Waals surface area (Å²) in [5.41, 5.74) is 0.0842. The number of rotatable bonds is 3. The van der Waals surface area contributed by atoms with E-state index in [1.807, 2.05) is 0 Å². The first-order valence-corrected chi connectivity index (χ1v) is 3.03. The van der Waals surface area contributed by atoms with Crippen LogP contribution in [0.15, 0.2) is 11.8 Å². The Balaban J connectivity index is 3.81. The lowest BCUT2D eigenvalue weighted by molar-refractivity contribution is -0.424. The fraction of sp³-hybridized carbons (Fsp3) is 0.667. The molecule has 0 aromatic heterocycles. The highest BCUT2D eigenvalue weighted by Gasteiger charge is 2.01. The van der Waals surface area contributed by atoms with E-state index in [1.54, 1.807) is 6.92 Å². The number of aliphatic hydroxyl groups is 1. The Bertz CT molecular complexity index is 151. The molecule has 0 aromatic carbocycles. The van der Waals surface area contributed by atoms with Crippen molar-refractivity contribution in [1.29, 1.82) is 0 Å². The van der Waals surface area contributed by atoms with E-state index < -0.39 is 11.0 Å². The fourth-order valence-corrected chi connectivity index (χ4v) is 0.416. The summed E-state index contributed by atoms with van der Waals surface area (Å²) in [4.78, 5) is 9.50. The Morgan fingerprint density at radius 1 is 1.90 bits per heavy atom. The quantitative estimate of drug-likeness (QED) is 0.474. The second kappa shape index (κ2) is 4.00. The zero-order chi connectivity index (χ0) is 8.15. The van der Waals surface area contributed by atoms with Crippen molar-refractivity contribution >= 4 is 0 Å². The standard InChI is InChI=1S/C6H11NO3/c1-5(7(9)10)3-4-6(2)8/h3,6,8H,4H2,1-2H3/b5-3-. The highest BCUT2D eigenvalue weighted by atomic mass is 16.6. The molecule has 58 valence electrons. The van der Waals surface area contributed by atoms with Crippen LogP contribution in [-0.2, 0) is 0 Å². The molecule has 4 nitrogen and oxygen atoms in total. The predicted octanol–water partition coefficient (Wildman–Crippen LogP) is 0.938. The third-order valence-electron chi connectivity index (χ3n) is 1.04. The number of nitrogens with zero attached hydrogens (tertiary/aromatic N) is 1. The molecule has 0 aromatic rings. The van der Waals surface area contributed by atoms with Crippen molar-refractivity contribution in [3.05, 3.63) is 21.9 Å². The molecule has 0 spiro atoms. The lowest BCUT2D eigenvalue weighted by Gasteiger charge is -1.95. The van der Waals surface area contributed by atoms with E-state index >= 15 is 0 Å². The fourth-order valence-electron chi connectivity index (χ4n) is 0.416. The van der Waals surface area contributed by atoms with E-state index in [-0.39, 0.29) is 5.70 Å². The summed E-state index contributed by atoms with van der Waals surface area (Å²) >= 11 is 0. The average Bonchev–Trinajstić information content (AvgIpc) is 1.82. The third-order valence-corrected chi connectivity index (χ3v) is 1.04. The Morgan fingerprint density at radius 2 is 2.40 bits per heavy atom. The maximum atomic E-state index is 9.97. The van der Waals surface area contributed by atoms with E-state index in [0.29, 0.717) is 6.42 Å². The van der Waals surface area contributed by atoms with Gasteiger partial charge in [-0.05, 0) is 19.4 Å². The maximum Gasteiger partial charge on any atom is 0.239 e. The molecule has 0 bridgehead atoms. The molecule has 0 aliphatic rings. The molecule has 0 rings (SSSR count). The minimum Gasteiger partial charge on any atom is -0.393 e. The van der Waals surface area contributed by atoms with Crippen molar-refractivity contribution in [2.24, 2.45) is 0 Å². The van der Waals surface area contributed by atoms with Gasteiger partial charge in [-0.1, -0.05) is 0 Å². The molecule has 1 N–H and O–H groups in total. The van der Waals surface area contributed by atoms with Gasteiger partial charge in [0.05, 0.1) is 11.0 Å². The van der Waals surface area contributed by atoms with Crippen molar-refractivity contribution in [2.45, 2.75) is 26.4 Å². The summed E-state index contributed by atoms with van der Waals surface area (Å²) in [6.07, 6.45) is 1.24. The van der Waals surface area contributed by atoms with Crippen molar-refractivity contribution < 1.29 is 10.0 Å². The minimum atomic E-state index is -0.505. The molecule has 1 atom stereocenters. The van der Waals surface area contributed by atoms with Crippen molar-refractivity contribution in [3.8, 4) is 0 Å². The highest BCUT2D eigenvalue weighted by Crippen LogP contribution is 1.98. The van der Waals surface area contributed by atoms with Crippen LogP contribution in [0.4, 0.5) is 0 Å². The number of nitro groups is 1. The van der Waals surface area contributed by atoms with Gasteiger partial charge in [-0.3, -0.25) is 10.1 Å². The normalized spacial score (nSPS) is 14.9. The number of aliphatic hydroxyl groups excluding tert-OH is 1. The van der Waals surface area contributed by atoms with Gasteiger partial charge < -0.3 is 5.11 Å². The van der Waals surface area contributed by atoms with Gasteiger partial charge >= 0.3 is 0 Å². The van der Waals surface area contributed by atoms with E-state index in [4.69, 9.17) is 5.11 Å². The first-order valence-electron chi connectivity index (χ1n) is 3.03. The Morgan fingerprint density at radius 3 is 2.70 bits per heavy atom. The van der Waals surface area contributed by atoms with Gasteiger partial charge in [-0.2, -0.15) is 0 Å². The van der Waals surface area contributed by atoms with Gasteiger partial charge in [0.2, 0.25) is 5.70 Å². The second-order valence-corrected chi connectivity index (χ2v) is 2.19. The van der Waals surface area contributed by atoms with E-state index in [9.17, 15) is 10.1 Å². The summed E-state index contributed by atoms with van der Waals surface area (Å²) in [6, 6.07) is 0. The van der Waals surface area contributed by atoms with Crippen LogP contribution in [0, 0.1) is 10.1 Å². The van der Waals surface area contributed by atoms with Crippen LogP contribution in [0.3, 0.4) is 0 Å². The van der Waals surface area contributed by atoms with Crippen LogP contribution in [0.1, 0.15) is 20.3 Å². The van der Waals surface area contributed by atoms with Gasteiger partial charge in [0.25, 0.3) is 0 Å². The lowest BCUT2D eigenvalue weighted by Crippen LogP contribution is -1.99. The number of hydrogen-bond donors (Lipinski definition) is 1. The monoisotopic (exact) mass is 145 g/mol. The molecule has 1 unspecified atom stereocenters. The molecule has 10 heavy (non-hydrogen) atoms.